The smallest absolute Gasteiger partial charge is 0.244 e. The van der Waals surface area contributed by atoms with Gasteiger partial charge in [0.15, 0.2) is 0 Å². The number of carbonyl (C=O) groups is 1. The van der Waals surface area contributed by atoms with Gasteiger partial charge in [0.05, 0.1) is 5.60 Å². The summed E-state index contributed by atoms with van der Waals surface area (Å²) in [5.74, 6) is 0.0569. The van der Waals surface area contributed by atoms with E-state index in [1.54, 1.807) is 18.5 Å². The highest BCUT2D eigenvalue weighted by molar-refractivity contribution is 5.91. The molecular formula is C13H18N4O2. The number of nitrogens with two attached hydrogens (primary N) is 1. The molecule has 1 aliphatic heterocycles. The van der Waals surface area contributed by atoms with Crippen LogP contribution in [0.4, 0.5) is 5.95 Å². The van der Waals surface area contributed by atoms with Gasteiger partial charge in [0, 0.05) is 37.2 Å². The Bertz CT molecular complexity index is 464. The van der Waals surface area contributed by atoms with Gasteiger partial charge in [-0.3, -0.25) is 4.79 Å². The summed E-state index contributed by atoms with van der Waals surface area (Å²) in [5.41, 5.74) is 5.88. The highest BCUT2D eigenvalue weighted by Crippen LogP contribution is 2.23. The molecular weight excluding hydrogens is 244 g/mol. The average molecular weight is 262 g/mol. The molecule has 0 spiro atoms. The van der Waals surface area contributed by atoms with Gasteiger partial charge in [0.1, 0.15) is 0 Å². The summed E-state index contributed by atoms with van der Waals surface area (Å²) >= 11 is 0. The Hall–Kier alpha value is -1.95. The molecule has 0 aliphatic carbocycles. The zero-order valence-corrected chi connectivity index (χ0v) is 10.9. The summed E-state index contributed by atoms with van der Waals surface area (Å²) in [4.78, 5) is 19.3. The Morgan fingerprint density at radius 1 is 1.58 bits per heavy atom. The van der Waals surface area contributed by atoms with Gasteiger partial charge >= 0.3 is 0 Å². The fourth-order valence-electron chi connectivity index (χ4n) is 1.92. The van der Waals surface area contributed by atoms with Gasteiger partial charge in [0.25, 0.3) is 0 Å². The third kappa shape index (κ3) is 4.03. The van der Waals surface area contributed by atoms with Crippen molar-refractivity contribution in [2.24, 2.45) is 0 Å². The van der Waals surface area contributed by atoms with Crippen LogP contribution < -0.4 is 11.1 Å². The predicted octanol–water partition coefficient (Wildman–Crippen LogP) is 0.757. The molecule has 0 aromatic carbocycles. The fourth-order valence-corrected chi connectivity index (χ4v) is 1.92. The topological polar surface area (TPSA) is 90.1 Å². The van der Waals surface area contributed by atoms with E-state index in [4.69, 9.17) is 10.5 Å². The number of carbonyl (C=O) groups excluding carboxylic acids is 1. The highest BCUT2D eigenvalue weighted by atomic mass is 16.5. The summed E-state index contributed by atoms with van der Waals surface area (Å²) in [6.07, 6.45) is 8.24. The molecule has 1 aromatic rings. The van der Waals surface area contributed by atoms with E-state index in [-0.39, 0.29) is 17.5 Å². The molecule has 0 radical (unpaired) electrons. The van der Waals surface area contributed by atoms with Crippen molar-refractivity contribution in [3.8, 4) is 0 Å². The number of amides is 1. The van der Waals surface area contributed by atoms with Gasteiger partial charge < -0.3 is 15.8 Å². The van der Waals surface area contributed by atoms with E-state index in [0.29, 0.717) is 6.54 Å². The largest absolute Gasteiger partial charge is 0.373 e. The molecule has 102 valence electrons. The maximum absolute atomic E-state index is 11.7. The van der Waals surface area contributed by atoms with E-state index in [1.807, 2.05) is 6.92 Å². The van der Waals surface area contributed by atoms with Crippen LogP contribution in [0.3, 0.4) is 0 Å². The Balaban J connectivity index is 1.82. The zero-order valence-electron chi connectivity index (χ0n) is 10.9. The van der Waals surface area contributed by atoms with E-state index in [2.05, 4.69) is 15.3 Å². The van der Waals surface area contributed by atoms with Gasteiger partial charge in [-0.1, -0.05) is 0 Å². The minimum atomic E-state index is -0.228. The average Bonchev–Trinajstić information content (AvgIpc) is 2.83. The van der Waals surface area contributed by atoms with Crippen LogP contribution in [-0.2, 0) is 9.53 Å². The van der Waals surface area contributed by atoms with E-state index < -0.39 is 0 Å². The normalized spacial score (nSPS) is 22.8. The van der Waals surface area contributed by atoms with E-state index in [0.717, 1.165) is 25.0 Å². The van der Waals surface area contributed by atoms with Crippen molar-refractivity contribution in [3.05, 3.63) is 24.0 Å². The number of nitrogens with zero attached hydrogens (tertiary/aromatic N) is 2. The first-order valence-corrected chi connectivity index (χ1v) is 6.25. The van der Waals surface area contributed by atoms with Crippen molar-refractivity contribution in [2.45, 2.75) is 25.4 Å². The highest BCUT2D eigenvalue weighted by Gasteiger charge is 2.29. The Morgan fingerprint density at radius 3 is 2.95 bits per heavy atom. The van der Waals surface area contributed by atoms with E-state index >= 15 is 0 Å². The first kappa shape index (κ1) is 13.5. The molecule has 6 heteroatoms. The van der Waals surface area contributed by atoms with Gasteiger partial charge in [-0.2, -0.15) is 0 Å². The van der Waals surface area contributed by atoms with Crippen molar-refractivity contribution >= 4 is 17.9 Å². The quantitative estimate of drug-likeness (QED) is 0.782. The second kappa shape index (κ2) is 5.79. The van der Waals surface area contributed by atoms with E-state index in [1.165, 1.54) is 6.08 Å². The molecule has 1 fully saturated rings. The molecule has 2 rings (SSSR count). The first-order valence-electron chi connectivity index (χ1n) is 6.25. The molecule has 1 atom stereocenters. The van der Waals surface area contributed by atoms with Crippen molar-refractivity contribution in [2.75, 3.05) is 18.9 Å². The second-order valence-electron chi connectivity index (χ2n) is 4.83. The van der Waals surface area contributed by atoms with Crippen molar-refractivity contribution < 1.29 is 9.53 Å². The molecule has 1 unspecified atom stereocenters. The lowest BCUT2D eigenvalue weighted by Crippen LogP contribution is -2.39. The SMILES string of the molecule is CC1(CNC(=O)/C=C/c2cnc(N)nc2)CCCO1. The number of ether oxygens (including phenoxy) is 1. The maximum atomic E-state index is 11.7. The lowest BCUT2D eigenvalue weighted by molar-refractivity contribution is -0.117. The Morgan fingerprint density at radius 2 is 2.32 bits per heavy atom. The molecule has 1 aliphatic rings. The third-order valence-electron chi connectivity index (χ3n) is 3.06. The second-order valence-corrected chi connectivity index (χ2v) is 4.83. The zero-order chi connectivity index (χ0) is 13.7. The van der Waals surface area contributed by atoms with Gasteiger partial charge in [-0.05, 0) is 25.8 Å². The number of anilines is 1. The first-order chi connectivity index (χ1) is 9.07. The number of nitrogens with one attached hydrogen (secondary N) is 1. The van der Waals surface area contributed by atoms with Crippen LogP contribution in [-0.4, -0.2) is 34.6 Å². The van der Waals surface area contributed by atoms with Gasteiger partial charge in [-0.25, -0.2) is 9.97 Å². The molecule has 2 heterocycles. The summed E-state index contributed by atoms with van der Waals surface area (Å²) in [5, 5.41) is 2.83. The lowest BCUT2D eigenvalue weighted by Gasteiger charge is -2.22. The monoisotopic (exact) mass is 262 g/mol. The minimum absolute atomic E-state index is 0.159. The Kier molecular flexibility index (Phi) is 4.11. The minimum Gasteiger partial charge on any atom is -0.373 e. The van der Waals surface area contributed by atoms with Crippen LogP contribution in [0.25, 0.3) is 6.08 Å². The summed E-state index contributed by atoms with van der Waals surface area (Å²) in [7, 11) is 0. The third-order valence-corrected chi connectivity index (χ3v) is 3.06. The van der Waals surface area contributed by atoms with Gasteiger partial charge in [0.2, 0.25) is 11.9 Å². The molecule has 0 saturated carbocycles. The standard InChI is InChI=1S/C13H18N4O2/c1-13(5-2-6-19-13)9-17-11(18)4-3-10-7-15-12(14)16-8-10/h3-4,7-8H,2,5-6,9H2,1H3,(H,17,18)(H2,14,15,16)/b4-3+. The molecule has 1 amide bonds. The molecule has 3 N–H and O–H groups in total. The van der Waals surface area contributed by atoms with Crippen molar-refractivity contribution in [1.82, 2.24) is 15.3 Å². The molecule has 6 nitrogen and oxygen atoms in total. The van der Waals surface area contributed by atoms with Crippen molar-refractivity contribution in [1.29, 1.82) is 0 Å². The molecule has 19 heavy (non-hydrogen) atoms. The molecule has 1 saturated heterocycles. The number of aromatic nitrogens is 2. The predicted molar refractivity (Wildman–Crippen MR) is 72.1 cm³/mol. The van der Waals surface area contributed by atoms with Crippen LogP contribution in [0, 0.1) is 0 Å². The summed E-state index contributed by atoms with van der Waals surface area (Å²) < 4.78 is 5.59. The van der Waals surface area contributed by atoms with Crippen LogP contribution in [0.5, 0.6) is 0 Å². The number of nitrogen functional groups attached to an aromatic ring is 1. The van der Waals surface area contributed by atoms with Crippen LogP contribution in [0.15, 0.2) is 18.5 Å². The van der Waals surface area contributed by atoms with Crippen LogP contribution in [0.1, 0.15) is 25.3 Å². The Labute approximate surface area is 112 Å². The maximum Gasteiger partial charge on any atom is 0.244 e. The van der Waals surface area contributed by atoms with Crippen LogP contribution >= 0.6 is 0 Å². The number of hydrogen-bond donors (Lipinski definition) is 2. The lowest BCUT2D eigenvalue weighted by atomic mass is 10.0. The molecule has 1 aromatic heterocycles. The van der Waals surface area contributed by atoms with E-state index in [9.17, 15) is 4.79 Å². The van der Waals surface area contributed by atoms with Gasteiger partial charge in [-0.15, -0.1) is 0 Å². The summed E-state index contributed by atoms with van der Waals surface area (Å²) in [6.45, 7) is 3.30. The summed E-state index contributed by atoms with van der Waals surface area (Å²) in [6, 6.07) is 0. The van der Waals surface area contributed by atoms with Crippen LogP contribution in [0.2, 0.25) is 0 Å². The molecule has 0 bridgehead atoms. The fraction of sp³-hybridized carbons (Fsp3) is 0.462. The number of hydrogen-bond acceptors (Lipinski definition) is 5. The number of rotatable bonds is 4. The van der Waals surface area contributed by atoms with Crippen molar-refractivity contribution in [3.63, 3.8) is 0 Å².